The fraction of sp³-hybridized carbons (Fsp3) is 0. The first-order valence-corrected chi connectivity index (χ1v) is 11.1. The molecule has 0 atom stereocenters. The van der Waals surface area contributed by atoms with Gasteiger partial charge in [-0.25, -0.2) is 0 Å². The summed E-state index contributed by atoms with van der Waals surface area (Å²) in [6.07, 6.45) is 0. The average Bonchev–Trinajstić information content (AvgIpc) is 2.45. The predicted octanol–water partition coefficient (Wildman–Crippen LogP) is 1.76. The van der Waals surface area contributed by atoms with Gasteiger partial charge in [0, 0.05) is 0 Å². The fourth-order valence-electron chi connectivity index (χ4n) is 1.30. The van der Waals surface area contributed by atoms with Crippen molar-refractivity contribution in [1.82, 2.24) is 0 Å². The molecule has 0 aliphatic heterocycles. The summed E-state index contributed by atoms with van der Waals surface area (Å²) in [4.78, 5) is 21.3. The first kappa shape index (κ1) is 13.1. The van der Waals surface area contributed by atoms with Gasteiger partial charge in [0.05, 0.1) is 0 Å². The van der Waals surface area contributed by atoms with E-state index in [2.05, 4.69) is 10.4 Å². The van der Waals surface area contributed by atoms with E-state index >= 15 is 0 Å². The summed E-state index contributed by atoms with van der Waals surface area (Å²) < 4.78 is 1.95. The first-order chi connectivity index (χ1) is 8.85. The molecular weight excluding hydrogens is 362 g/mol. The molecule has 6 heteroatoms. The normalized spacial score (nSPS) is 10.0. The second-order valence-electron chi connectivity index (χ2n) is 3.28. The molecule has 2 rings (SSSR count). The number of hydrogen-bond acceptors (Lipinski definition) is 4. The summed E-state index contributed by atoms with van der Waals surface area (Å²) in [5.41, 5.74) is 0.992. The summed E-state index contributed by atoms with van der Waals surface area (Å²) >= 11 is 0.247. The van der Waals surface area contributed by atoms with Crippen molar-refractivity contribution in [2.24, 2.45) is 10.4 Å². The van der Waals surface area contributed by atoms with E-state index in [9.17, 15) is 9.81 Å². The third-order valence-electron chi connectivity index (χ3n) is 2.15. The van der Waals surface area contributed by atoms with Crippen molar-refractivity contribution in [1.29, 1.82) is 0 Å². The van der Waals surface area contributed by atoms with Gasteiger partial charge in [0.15, 0.2) is 0 Å². The molecule has 90 valence electrons. The number of nitroso groups, excluding NO2 is 2. The molecule has 0 aliphatic rings. The van der Waals surface area contributed by atoms with Crippen molar-refractivity contribution >= 4 is 46.6 Å². The molecule has 0 aliphatic carbocycles. The van der Waals surface area contributed by atoms with Gasteiger partial charge in [-0.2, -0.15) is 0 Å². The van der Waals surface area contributed by atoms with Crippen LogP contribution in [0.2, 0.25) is 0 Å². The van der Waals surface area contributed by atoms with Crippen molar-refractivity contribution in [3.05, 3.63) is 58.3 Å². The van der Waals surface area contributed by atoms with E-state index < -0.39 is 0 Å². The molecule has 0 saturated heterocycles. The average molecular weight is 370 g/mol. The van der Waals surface area contributed by atoms with Gasteiger partial charge in [0.1, 0.15) is 0 Å². The molecule has 2 aromatic carbocycles. The summed E-state index contributed by atoms with van der Waals surface area (Å²) in [7, 11) is 0. The molecule has 0 amide bonds. The third kappa shape index (κ3) is 3.12. The van der Waals surface area contributed by atoms with E-state index in [0.717, 1.165) is 8.92 Å². The van der Waals surface area contributed by atoms with Crippen LogP contribution in [-0.2, 0) is 0 Å². The van der Waals surface area contributed by atoms with Crippen LogP contribution < -0.4 is 8.92 Å². The molecule has 0 unspecified atom stereocenters. The number of hydrogen-bond donors (Lipinski definition) is 0. The van der Waals surface area contributed by atoms with Gasteiger partial charge in [-0.1, -0.05) is 0 Å². The number of nitrogens with zero attached hydrogens (tertiary/aromatic N) is 2. The summed E-state index contributed by atoms with van der Waals surface area (Å²) in [6.45, 7) is 0. The molecule has 0 bridgehead atoms. The molecule has 4 nitrogen and oxygen atoms in total. The van der Waals surface area contributed by atoms with Crippen molar-refractivity contribution in [3.8, 4) is 0 Å². The molecule has 0 radical (unpaired) electrons. The van der Waals surface area contributed by atoms with Crippen LogP contribution in [0.4, 0.5) is 11.4 Å². The van der Waals surface area contributed by atoms with Gasteiger partial charge in [-0.05, 0) is 0 Å². The van der Waals surface area contributed by atoms with Gasteiger partial charge >= 0.3 is 115 Å². The molecule has 2 aromatic rings. The van der Waals surface area contributed by atoms with E-state index in [-0.39, 0.29) is 26.3 Å². The predicted molar refractivity (Wildman–Crippen MR) is 74.6 cm³/mol. The number of rotatable bonds is 5. The van der Waals surface area contributed by atoms with Crippen LogP contribution >= 0.6 is 0 Å². The standard InChI is InChI=1S/C12H8N2O2Se2/c15-13-9-5-1-3-7-11(9)17-18-12-8-4-2-6-10(12)14-16/h1-8H. The minimum absolute atomic E-state index is 0.123. The van der Waals surface area contributed by atoms with E-state index in [0.29, 0.717) is 11.4 Å². The van der Waals surface area contributed by atoms with Gasteiger partial charge in [-0.15, -0.1) is 0 Å². The van der Waals surface area contributed by atoms with Crippen LogP contribution in [0.15, 0.2) is 58.9 Å². The monoisotopic (exact) mass is 372 g/mol. The van der Waals surface area contributed by atoms with E-state index in [4.69, 9.17) is 0 Å². The molecule has 0 spiro atoms. The van der Waals surface area contributed by atoms with E-state index in [1.54, 1.807) is 24.3 Å². The summed E-state index contributed by atoms with van der Waals surface area (Å²) in [6, 6.07) is 14.6. The fourth-order valence-corrected chi connectivity index (χ4v) is 8.07. The number of benzene rings is 2. The zero-order valence-electron chi connectivity index (χ0n) is 9.15. The van der Waals surface area contributed by atoms with Crippen LogP contribution in [0.25, 0.3) is 0 Å². The molecular formula is C12H8N2O2Se2. The van der Waals surface area contributed by atoms with Gasteiger partial charge in [-0.3, -0.25) is 0 Å². The SMILES string of the molecule is O=Nc1ccccc1[Se][Se]c1ccccc1N=O. The molecule has 18 heavy (non-hydrogen) atoms. The zero-order chi connectivity index (χ0) is 12.8. The van der Waals surface area contributed by atoms with Crippen LogP contribution in [-0.4, -0.2) is 26.3 Å². The van der Waals surface area contributed by atoms with Crippen LogP contribution in [0.5, 0.6) is 0 Å². The maximum absolute atomic E-state index is 10.7. The topological polar surface area (TPSA) is 58.9 Å². The zero-order valence-corrected chi connectivity index (χ0v) is 12.6. The van der Waals surface area contributed by atoms with Crippen LogP contribution in [0.1, 0.15) is 0 Å². The Morgan fingerprint density at radius 1 is 0.667 bits per heavy atom. The summed E-state index contributed by atoms with van der Waals surface area (Å²) in [5.74, 6) is 0. The molecule has 0 saturated carbocycles. The van der Waals surface area contributed by atoms with Crippen LogP contribution in [0.3, 0.4) is 0 Å². The Balaban J connectivity index is 2.16. The Morgan fingerprint density at radius 2 is 1.06 bits per heavy atom. The van der Waals surface area contributed by atoms with Gasteiger partial charge in [0.25, 0.3) is 0 Å². The Morgan fingerprint density at radius 3 is 1.44 bits per heavy atom. The van der Waals surface area contributed by atoms with Crippen molar-refractivity contribution in [2.45, 2.75) is 0 Å². The van der Waals surface area contributed by atoms with Crippen LogP contribution in [0, 0.1) is 9.81 Å². The maximum atomic E-state index is 10.7. The second-order valence-corrected chi connectivity index (χ2v) is 9.46. The Hall–Kier alpha value is -1.32. The molecule has 0 aromatic heterocycles. The van der Waals surface area contributed by atoms with Crippen molar-refractivity contribution in [2.75, 3.05) is 0 Å². The van der Waals surface area contributed by atoms with Gasteiger partial charge < -0.3 is 0 Å². The Labute approximate surface area is 115 Å². The first-order valence-electron chi connectivity index (χ1n) is 5.04. The van der Waals surface area contributed by atoms with Gasteiger partial charge in [0.2, 0.25) is 0 Å². The minimum atomic E-state index is 0.123. The second kappa shape index (κ2) is 6.57. The Kier molecular flexibility index (Phi) is 4.79. The van der Waals surface area contributed by atoms with E-state index in [1.165, 1.54) is 0 Å². The van der Waals surface area contributed by atoms with E-state index in [1.807, 2.05) is 24.3 Å². The molecule has 0 heterocycles. The molecule has 0 N–H and O–H groups in total. The van der Waals surface area contributed by atoms with Crippen molar-refractivity contribution < 1.29 is 0 Å². The van der Waals surface area contributed by atoms with Crippen molar-refractivity contribution in [3.63, 3.8) is 0 Å². The quantitative estimate of drug-likeness (QED) is 0.595. The Bertz CT molecular complexity index is 524. The third-order valence-corrected chi connectivity index (χ3v) is 9.35. The molecule has 0 fully saturated rings. The summed E-state index contributed by atoms with van der Waals surface area (Å²) in [5, 5.41) is 6.03.